The molecule has 2 N–H and O–H groups in total. The lowest BCUT2D eigenvalue weighted by molar-refractivity contribution is -0.112. The summed E-state index contributed by atoms with van der Waals surface area (Å²) < 4.78 is 15.9. The monoisotopic (exact) mass is 365 g/mol. The predicted molar refractivity (Wildman–Crippen MR) is 99.3 cm³/mol. The number of nitrogens with zero attached hydrogens (tertiary/aromatic N) is 1. The van der Waals surface area contributed by atoms with Gasteiger partial charge in [-0.25, -0.2) is 0 Å². The average Bonchev–Trinajstić information content (AvgIpc) is 3.15. The van der Waals surface area contributed by atoms with Gasteiger partial charge >= 0.3 is 0 Å². The molecular formula is C20H19N3O4. The number of rotatable bonds is 7. The molecule has 1 heterocycles. The van der Waals surface area contributed by atoms with Gasteiger partial charge in [0, 0.05) is 18.4 Å². The zero-order valence-corrected chi connectivity index (χ0v) is 14.8. The second-order valence-corrected chi connectivity index (χ2v) is 5.65. The van der Waals surface area contributed by atoms with Gasteiger partial charge in [-0.05, 0) is 48.9 Å². The first-order valence-electron chi connectivity index (χ1n) is 8.46. The molecule has 1 aliphatic rings. The van der Waals surface area contributed by atoms with Crippen molar-refractivity contribution in [2.75, 3.05) is 18.7 Å². The molecule has 0 aliphatic carbocycles. The van der Waals surface area contributed by atoms with E-state index in [2.05, 4.69) is 10.6 Å². The molecule has 27 heavy (non-hydrogen) atoms. The lowest BCUT2D eigenvalue weighted by Gasteiger charge is -2.07. The minimum absolute atomic E-state index is 0.0235. The number of anilines is 1. The van der Waals surface area contributed by atoms with E-state index in [-0.39, 0.29) is 12.4 Å². The van der Waals surface area contributed by atoms with Crippen molar-refractivity contribution >= 4 is 11.6 Å². The van der Waals surface area contributed by atoms with E-state index in [0.717, 1.165) is 11.3 Å². The average molecular weight is 365 g/mol. The highest BCUT2D eigenvalue weighted by Crippen LogP contribution is 2.32. The number of hydrogen-bond donors (Lipinski definition) is 2. The third-order valence-corrected chi connectivity index (χ3v) is 3.78. The summed E-state index contributed by atoms with van der Waals surface area (Å²) in [6, 6.07) is 14.4. The molecule has 0 bridgehead atoms. The number of carbonyl (C=O) groups excluding carboxylic acids is 1. The van der Waals surface area contributed by atoms with Crippen molar-refractivity contribution < 1.29 is 19.0 Å². The lowest BCUT2D eigenvalue weighted by atomic mass is 10.2. The Bertz CT molecular complexity index is 885. The van der Waals surface area contributed by atoms with Gasteiger partial charge in [0.15, 0.2) is 11.5 Å². The Balaban J connectivity index is 1.57. The Labute approximate surface area is 157 Å². The Kier molecular flexibility index (Phi) is 5.80. The molecule has 0 aromatic heterocycles. The molecule has 2 aromatic rings. The van der Waals surface area contributed by atoms with Crippen molar-refractivity contribution in [1.29, 1.82) is 5.26 Å². The second-order valence-electron chi connectivity index (χ2n) is 5.65. The predicted octanol–water partition coefficient (Wildman–Crippen LogP) is 2.95. The zero-order chi connectivity index (χ0) is 19.1. The molecule has 0 radical (unpaired) electrons. The van der Waals surface area contributed by atoms with Crippen LogP contribution in [0.2, 0.25) is 0 Å². The molecule has 2 aromatic carbocycles. The summed E-state index contributed by atoms with van der Waals surface area (Å²) in [5.74, 6) is 1.63. The SMILES string of the molecule is CCOc1ccc(NC(=O)/C(C#N)=C\NCc2ccc3c(c2)OCO3)cc1. The normalized spacial score (nSPS) is 12.2. The van der Waals surface area contributed by atoms with E-state index in [1.807, 2.05) is 31.2 Å². The van der Waals surface area contributed by atoms with Crippen molar-refractivity contribution in [3.63, 3.8) is 0 Å². The van der Waals surface area contributed by atoms with Crippen molar-refractivity contribution in [2.24, 2.45) is 0 Å². The number of fused-ring (bicyclic) bond motifs is 1. The smallest absolute Gasteiger partial charge is 0.267 e. The molecule has 7 heteroatoms. The highest BCUT2D eigenvalue weighted by molar-refractivity contribution is 6.06. The number of nitrogens with one attached hydrogen (secondary N) is 2. The highest BCUT2D eigenvalue weighted by Gasteiger charge is 2.13. The standard InChI is InChI=1S/C20H19N3O4/c1-2-25-17-6-4-16(5-7-17)23-20(24)15(10-21)12-22-11-14-3-8-18-19(9-14)27-13-26-18/h3-9,12,22H,2,11,13H2,1H3,(H,23,24)/b15-12-. The van der Waals surface area contributed by atoms with Crippen LogP contribution in [-0.2, 0) is 11.3 Å². The molecule has 0 atom stereocenters. The molecule has 0 spiro atoms. The third kappa shape index (κ3) is 4.70. The van der Waals surface area contributed by atoms with Crippen LogP contribution in [0.25, 0.3) is 0 Å². The van der Waals surface area contributed by atoms with Gasteiger partial charge in [-0.1, -0.05) is 6.07 Å². The first-order valence-corrected chi connectivity index (χ1v) is 8.46. The minimum atomic E-state index is -0.486. The Morgan fingerprint density at radius 3 is 2.74 bits per heavy atom. The maximum Gasteiger partial charge on any atom is 0.267 e. The minimum Gasteiger partial charge on any atom is -0.494 e. The van der Waals surface area contributed by atoms with E-state index in [0.29, 0.717) is 30.3 Å². The summed E-state index contributed by atoms with van der Waals surface area (Å²) in [7, 11) is 0. The fourth-order valence-electron chi connectivity index (χ4n) is 2.47. The van der Waals surface area contributed by atoms with Crippen LogP contribution in [0.1, 0.15) is 12.5 Å². The van der Waals surface area contributed by atoms with Crippen LogP contribution in [0.5, 0.6) is 17.2 Å². The molecule has 138 valence electrons. The van der Waals surface area contributed by atoms with Crippen molar-refractivity contribution in [1.82, 2.24) is 5.32 Å². The van der Waals surface area contributed by atoms with Crippen molar-refractivity contribution in [3.05, 3.63) is 59.8 Å². The first kappa shape index (κ1) is 18.1. The summed E-state index contributed by atoms with van der Waals surface area (Å²) in [5.41, 5.74) is 1.50. The lowest BCUT2D eigenvalue weighted by Crippen LogP contribution is -2.16. The summed E-state index contributed by atoms with van der Waals surface area (Å²) >= 11 is 0. The number of nitriles is 1. The maximum atomic E-state index is 12.2. The maximum absolute atomic E-state index is 12.2. The Morgan fingerprint density at radius 1 is 1.22 bits per heavy atom. The molecule has 0 saturated heterocycles. The molecule has 0 fully saturated rings. The van der Waals surface area contributed by atoms with E-state index in [1.54, 1.807) is 24.3 Å². The summed E-state index contributed by atoms with van der Waals surface area (Å²) in [4.78, 5) is 12.2. The van der Waals surface area contributed by atoms with Gasteiger partial charge in [0.05, 0.1) is 6.61 Å². The van der Waals surface area contributed by atoms with Gasteiger partial charge in [-0.2, -0.15) is 5.26 Å². The Morgan fingerprint density at radius 2 is 2.00 bits per heavy atom. The van der Waals surface area contributed by atoms with Gasteiger partial charge < -0.3 is 24.8 Å². The van der Waals surface area contributed by atoms with E-state index < -0.39 is 5.91 Å². The molecule has 1 amide bonds. The number of carbonyl (C=O) groups is 1. The van der Waals surface area contributed by atoms with Crippen LogP contribution in [0.15, 0.2) is 54.2 Å². The summed E-state index contributed by atoms with van der Waals surface area (Å²) in [6.07, 6.45) is 1.40. The topological polar surface area (TPSA) is 92.6 Å². The quantitative estimate of drug-likeness (QED) is 0.579. The van der Waals surface area contributed by atoms with Crippen LogP contribution in [0.4, 0.5) is 5.69 Å². The van der Waals surface area contributed by atoms with Crippen molar-refractivity contribution in [3.8, 4) is 23.3 Å². The molecule has 0 unspecified atom stereocenters. The first-order chi connectivity index (χ1) is 13.2. The highest BCUT2D eigenvalue weighted by atomic mass is 16.7. The molecular weight excluding hydrogens is 346 g/mol. The second kappa shape index (κ2) is 8.63. The van der Waals surface area contributed by atoms with E-state index in [1.165, 1.54) is 6.20 Å². The van der Waals surface area contributed by atoms with E-state index >= 15 is 0 Å². The van der Waals surface area contributed by atoms with Crippen LogP contribution >= 0.6 is 0 Å². The number of ether oxygens (including phenoxy) is 3. The van der Waals surface area contributed by atoms with Gasteiger partial charge in [-0.3, -0.25) is 4.79 Å². The van der Waals surface area contributed by atoms with Crippen LogP contribution in [0, 0.1) is 11.3 Å². The number of benzene rings is 2. The fourth-order valence-corrected chi connectivity index (χ4v) is 2.47. The van der Waals surface area contributed by atoms with E-state index in [9.17, 15) is 10.1 Å². The molecule has 3 rings (SSSR count). The number of amides is 1. The number of hydrogen-bond acceptors (Lipinski definition) is 6. The van der Waals surface area contributed by atoms with Crippen LogP contribution in [0.3, 0.4) is 0 Å². The van der Waals surface area contributed by atoms with Gasteiger partial charge in [0.2, 0.25) is 6.79 Å². The third-order valence-electron chi connectivity index (χ3n) is 3.78. The van der Waals surface area contributed by atoms with Crippen LogP contribution in [-0.4, -0.2) is 19.3 Å². The van der Waals surface area contributed by atoms with E-state index in [4.69, 9.17) is 14.2 Å². The van der Waals surface area contributed by atoms with Gasteiger partial charge in [0.1, 0.15) is 17.4 Å². The molecule has 0 saturated carbocycles. The molecule has 7 nitrogen and oxygen atoms in total. The molecule has 1 aliphatic heterocycles. The van der Waals surface area contributed by atoms with Crippen LogP contribution < -0.4 is 24.8 Å². The summed E-state index contributed by atoms with van der Waals surface area (Å²) in [5, 5.41) is 14.9. The van der Waals surface area contributed by atoms with Gasteiger partial charge in [-0.15, -0.1) is 0 Å². The van der Waals surface area contributed by atoms with Crippen molar-refractivity contribution in [2.45, 2.75) is 13.5 Å². The zero-order valence-electron chi connectivity index (χ0n) is 14.8. The van der Waals surface area contributed by atoms with Gasteiger partial charge in [0.25, 0.3) is 5.91 Å². The Hall–Kier alpha value is -3.66. The largest absolute Gasteiger partial charge is 0.494 e. The fraction of sp³-hybridized carbons (Fsp3) is 0.200. The summed E-state index contributed by atoms with van der Waals surface area (Å²) in [6.45, 7) is 3.13.